The van der Waals surface area contributed by atoms with Crippen LogP contribution >= 0.6 is 0 Å². The number of nitrogens with one attached hydrogen (secondary N) is 1. The van der Waals surface area contributed by atoms with E-state index in [0.717, 1.165) is 31.5 Å². The molecule has 0 unspecified atom stereocenters. The summed E-state index contributed by atoms with van der Waals surface area (Å²) in [6.45, 7) is 0.850. The molecule has 0 saturated heterocycles. The average Bonchev–Trinajstić information content (AvgIpc) is 2.50. The molecule has 0 atom stereocenters. The SMILES string of the molecule is COC1(CNC2=CC(=O)CC2)CCC1. The summed E-state index contributed by atoms with van der Waals surface area (Å²) in [5.74, 6) is 0.243. The molecule has 0 spiro atoms. The van der Waals surface area contributed by atoms with Gasteiger partial charge in [0.15, 0.2) is 5.78 Å². The van der Waals surface area contributed by atoms with E-state index >= 15 is 0 Å². The Balaban J connectivity index is 1.82. The number of hydrogen-bond acceptors (Lipinski definition) is 3. The maximum absolute atomic E-state index is 11.0. The number of rotatable bonds is 4. The molecule has 78 valence electrons. The lowest BCUT2D eigenvalue weighted by molar-refractivity contribution is -0.114. The second kappa shape index (κ2) is 3.73. The third kappa shape index (κ3) is 1.82. The fourth-order valence-corrected chi connectivity index (χ4v) is 2.03. The van der Waals surface area contributed by atoms with Gasteiger partial charge >= 0.3 is 0 Å². The van der Waals surface area contributed by atoms with E-state index in [1.165, 1.54) is 6.42 Å². The number of methoxy groups -OCH3 is 1. The van der Waals surface area contributed by atoms with Crippen molar-refractivity contribution in [2.45, 2.75) is 37.7 Å². The van der Waals surface area contributed by atoms with Crippen molar-refractivity contribution >= 4 is 5.78 Å². The van der Waals surface area contributed by atoms with Crippen LogP contribution in [0.25, 0.3) is 0 Å². The standard InChI is InChI=1S/C11H17NO2/c1-14-11(5-2-6-11)8-12-9-3-4-10(13)7-9/h7,12H,2-6,8H2,1H3. The molecule has 1 fully saturated rings. The Bertz CT molecular complexity index is 261. The summed E-state index contributed by atoms with van der Waals surface area (Å²) >= 11 is 0. The molecule has 3 nitrogen and oxygen atoms in total. The first-order valence-corrected chi connectivity index (χ1v) is 5.27. The highest BCUT2D eigenvalue weighted by Gasteiger charge is 2.36. The second-order valence-electron chi connectivity index (χ2n) is 4.23. The van der Waals surface area contributed by atoms with Crippen LogP contribution in [0.3, 0.4) is 0 Å². The van der Waals surface area contributed by atoms with Crippen LogP contribution < -0.4 is 5.32 Å². The van der Waals surface area contributed by atoms with Crippen LogP contribution in [0.15, 0.2) is 11.8 Å². The Morgan fingerprint density at radius 1 is 1.50 bits per heavy atom. The lowest BCUT2D eigenvalue weighted by Gasteiger charge is -2.40. The predicted octanol–water partition coefficient (Wildman–Crippen LogP) is 1.39. The molecule has 3 heteroatoms. The Labute approximate surface area is 84.5 Å². The topological polar surface area (TPSA) is 38.3 Å². The van der Waals surface area contributed by atoms with Crippen molar-refractivity contribution in [1.82, 2.24) is 5.32 Å². The lowest BCUT2D eigenvalue weighted by Crippen LogP contribution is -2.47. The molecule has 14 heavy (non-hydrogen) atoms. The molecule has 0 aromatic heterocycles. The normalized spacial score (nSPS) is 24.4. The van der Waals surface area contributed by atoms with Crippen LogP contribution in [0.4, 0.5) is 0 Å². The highest BCUT2D eigenvalue weighted by atomic mass is 16.5. The Morgan fingerprint density at radius 3 is 2.71 bits per heavy atom. The third-order valence-electron chi connectivity index (χ3n) is 3.31. The number of ether oxygens (including phenoxy) is 1. The second-order valence-corrected chi connectivity index (χ2v) is 4.23. The van der Waals surface area contributed by atoms with Crippen molar-refractivity contribution in [1.29, 1.82) is 0 Å². The minimum atomic E-state index is 0.0481. The molecule has 0 amide bonds. The van der Waals surface area contributed by atoms with E-state index < -0.39 is 0 Å². The van der Waals surface area contributed by atoms with Gasteiger partial charge in [0.2, 0.25) is 0 Å². The summed E-state index contributed by atoms with van der Waals surface area (Å²) < 4.78 is 5.49. The number of hydrogen-bond donors (Lipinski definition) is 1. The maximum Gasteiger partial charge on any atom is 0.157 e. The average molecular weight is 195 g/mol. The van der Waals surface area contributed by atoms with Crippen molar-refractivity contribution in [2.75, 3.05) is 13.7 Å². The summed E-state index contributed by atoms with van der Waals surface area (Å²) in [6.07, 6.45) is 6.80. The molecule has 0 aliphatic heterocycles. The lowest BCUT2D eigenvalue weighted by atomic mass is 9.80. The molecule has 2 rings (SSSR count). The van der Waals surface area contributed by atoms with E-state index in [-0.39, 0.29) is 11.4 Å². The highest BCUT2D eigenvalue weighted by molar-refractivity contribution is 5.92. The monoisotopic (exact) mass is 195 g/mol. The number of carbonyl (C=O) groups excluding carboxylic acids is 1. The molecule has 0 radical (unpaired) electrons. The van der Waals surface area contributed by atoms with Gasteiger partial charge in [0.25, 0.3) is 0 Å². The number of carbonyl (C=O) groups is 1. The van der Waals surface area contributed by atoms with E-state index in [4.69, 9.17) is 4.74 Å². The summed E-state index contributed by atoms with van der Waals surface area (Å²) in [4.78, 5) is 11.0. The van der Waals surface area contributed by atoms with Gasteiger partial charge in [-0.1, -0.05) is 0 Å². The summed E-state index contributed by atoms with van der Waals surface area (Å²) in [5, 5.41) is 3.32. The van der Waals surface area contributed by atoms with Gasteiger partial charge in [0.05, 0.1) is 5.60 Å². The van der Waals surface area contributed by atoms with Gasteiger partial charge in [-0.25, -0.2) is 0 Å². The fourth-order valence-electron chi connectivity index (χ4n) is 2.03. The van der Waals surface area contributed by atoms with E-state index in [1.807, 2.05) is 0 Å². The highest BCUT2D eigenvalue weighted by Crippen LogP contribution is 2.34. The molecular weight excluding hydrogens is 178 g/mol. The summed E-state index contributed by atoms with van der Waals surface area (Å²) in [7, 11) is 1.77. The van der Waals surface area contributed by atoms with Crippen molar-refractivity contribution in [3.8, 4) is 0 Å². The first kappa shape index (κ1) is 9.71. The summed E-state index contributed by atoms with van der Waals surface area (Å²) in [6, 6.07) is 0. The van der Waals surface area contributed by atoms with E-state index in [0.29, 0.717) is 6.42 Å². The van der Waals surface area contributed by atoms with Gasteiger partial charge in [-0.05, 0) is 25.7 Å². The van der Waals surface area contributed by atoms with Crippen LogP contribution in [-0.2, 0) is 9.53 Å². The maximum atomic E-state index is 11.0. The van der Waals surface area contributed by atoms with Crippen molar-refractivity contribution in [3.63, 3.8) is 0 Å². The van der Waals surface area contributed by atoms with Crippen LogP contribution in [-0.4, -0.2) is 25.0 Å². The zero-order valence-corrected chi connectivity index (χ0v) is 8.64. The Morgan fingerprint density at radius 2 is 2.29 bits per heavy atom. The smallest absolute Gasteiger partial charge is 0.157 e. The minimum Gasteiger partial charge on any atom is -0.385 e. The predicted molar refractivity (Wildman–Crippen MR) is 53.9 cm³/mol. The minimum absolute atomic E-state index is 0.0481. The zero-order valence-electron chi connectivity index (χ0n) is 8.64. The van der Waals surface area contributed by atoms with Crippen LogP contribution in [0, 0.1) is 0 Å². The molecule has 1 N–H and O–H groups in total. The fraction of sp³-hybridized carbons (Fsp3) is 0.727. The number of allylic oxidation sites excluding steroid dienone is 2. The molecule has 0 bridgehead atoms. The largest absolute Gasteiger partial charge is 0.385 e. The van der Waals surface area contributed by atoms with Crippen molar-refractivity contribution in [3.05, 3.63) is 11.8 Å². The van der Waals surface area contributed by atoms with Gasteiger partial charge in [0.1, 0.15) is 0 Å². The molecule has 1 saturated carbocycles. The molecule has 0 heterocycles. The van der Waals surface area contributed by atoms with Gasteiger partial charge in [0, 0.05) is 31.8 Å². The zero-order chi connectivity index (χ0) is 10.0. The first-order valence-electron chi connectivity index (χ1n) is 5.27. The van der Waals surface area contributed by atoms with E-state index in [9.17, 15) is 4.79 Å². The van der Waals surface area contributed by atoms with Gasteiger partial charge in [-0.3, -0.25) is 4.79 Å². The third-order valence-corrected chi connectivity index (χ3v) is 3.31. The quantitative estimate of drug-likeness (QED) is 0.736. The first-order chi connectivity index (χ1) is 6.74. The molecule has 0 aromatic carbocycles. The van der Waals surface area contributed by atoms with Gasteiger partial charge in [-0.2, -0.15) is 0 Å². The number of ketones is 1. The van der Waals surface area contributed by atoms with Crippen LogP contribution in [0.5, 0.6) is 0 Å². The van der Waals surface area contributed by atoms with Gasteiger partial charge in [-0.15, -0.1) is 0 Å². The van der Waals surface area contributed by atoms with E-state index in [1.54, 1.807) is 13.2 Å². The van der Waals surface area contributed by atoms with Crippen LogP contribution in [0.2, 0.25) is 0 Å². The molecule has 0 aromatic rings. The van der Waals surface area contributed by atoms with Gasteiger partial charge < -0.3 is 10.1 Å². The summed E-state index contributed by atoms with van der Waals surface area (Å²) in [5.41, 5.74) is 1.13. The van der Waals surface area contributed by atoms with Crippen LogP contribution in [0.1, 0.15) is 32.1 Å². The molecular formula is C11H17NO2. The van der Waals surface area contributed by atoms with Crippen molar-refractivity contribution in [2.24, 2.45) is 0 Å². The van der Waals surface area contributed by atoms with E-state index in [2.05, 4.69) is 5.32 Å². The molecule has 2 aliphatic carbocycles. The Kier molecular flexibility index (Phi) is 2.59. The molecule has 2 aliphatic rings. The Hall–Kier alpha value is -0.830. The van der Waals surface area contributed by atoms with Crippen molar-refractivity contribution < 1.29 is 9.53 Å².